The molecule has 0 saturated heterocycles. The smallest absolute Gasteiger partial charge is 0.258 e. The topological polar surface area (TPSA) is 127 Å². The van der Waals surface area contributed by atoms with E-state index in [1.807, 2.05) is 50.2 Å². The molecule has 1 aliphatic rings. The third-order valence-electron chi connectivity index (χ3n) is 5.64. The Kier molecular flexibility index (Phi) is 6.94. The average molecular weight is 455 g/mol. The second kappa shape index (κ2) is 9.88. The lowest BCUT2D eigenvalue weighted by molar-refractivity contribution is 0.0823. The van der Waals surface area contributed by atoms with E-state index in [0.29, 0.717) is 56.1 Å². The molecule has 0 unspecified atom stereocenters. The van der Waals surface area contributed by atoms with E-state index in [1.165, 1.54) is 5.56 Å². The summed E-state index contributed by atoms with van der Waals surface area (Å²) in [5.41, 5.74) is 8.95. The zero-order chi connectivity index (χ0) is 23.4. The fourth-order valence-electron chi connectivity index (χ4n) is 3.95. The lowest BCUT2D eigenvalue weighted by Crippen LogP contribution is -2.54. The predicted molar refractivity (Wildman–Crippen MR) is 123 cm³/mol. The van der Waals surface area contributed by atoms with E-state index >= 15 is 0 Å². The zero-order valence-corrected chi connectivity index (χ0v) is 19.0. The molecule has 0 saturated carbocycles. The Morgan fingerprint density at radius 2 is 1.67 bits per heavy atom. The minimum atomic E-state index is -1.02. The number of aliphatic hydroxyl groups excluding tert-OH is 2. The summed E-state index contributed by atoms with van der Waals surface area (Å²) in [4.78, 5) is 6.69. The molecule has 0 aliphatic carbocycles. The van der Waals surface area contributed by atoms with Crippen molar-refractivity contribution in [3.05, 3.63) is 47.5 Å². The molecule has 1 aliphatic heterocycles. The maximum Gasteiger partial charge on any atom is 0.258 e. The highest BCUT2D eigenvalue weighted by atomic mass is 16.5. The Labute approximate surface area is 192 Å². The Morgan fingerprint density at radius 3 is 2.39 bits per heavy atom. The molecule has 0 spiro atoms. The van der Waals surface area contributed by atoms with Gasteiger partial charge in [0.25, 0.3) is 5.89 Å². The SMILES string of the molecule is CCOc1ccc(-c2nc(-c3ccc4c(c3)CN(CC(N)(CO)CO)C4)no2)cc1OCC. The van der Waals surface area contributed by atoms with Crippen LogP contribution in [0.5, 0.6) is 11.5 Å². The van der Waals surface area contributed by atoms with Crippen LogP contribution in [-0.4, -0.2) is 63.8 Å². The molecule has 3 aromatic rings. The molecule has 4 N–H and O–H groups in total. The number of nitrogens with two attached hydrogens (primary N) is 1. The summed E-state index contributed by atoms with van der Waals surface area (Å²) < 4.78 is 16.8. The molecule has 33 heavy (non-hydrogen) atoms. The second-order valence-corrected chi connectivity index (χ2v) is 8.26. The minimum absolute atomic E-state index is 0.274. The average Bonchev–Trinajstić information content (AvgIpc) is 3.47. The number of aromatic nitrogens is 2. The predicted octanol–water partition coefficient (Wildman–Crippen LogP) is 2.20. The first-order chi connectivity index (χ1) is 16.0. The van der Waals surface area contributed by atoms with Gasteiger partial charge in [0, 0.05) is 30.8 Å². The monoisotopic (exact) mass is 454 g/mol. The molecule has 176 valence electrons. The quantitative estimate of drug-likeness (QED) is 0.422. The molecule has 1 aromatic heterocycles. The van der Waals surface area contributed by atoms with Crippen molar-refractivity contribution in [3.63, 3.8) is 0 Å². The molecule has 0 radical (unpaired) electrons. The van der Waals surface area contributed by atoms with Crippen molar-refractivity contribution in [1.29, 1.82) is 0 Å². The first kappa shape index (κ1) is 23.2. The van der Waals surface area contributed by atoms with Crippen LogP contribution in [0, 0.1) is 0 Å². The maximum absolute atomic E-state index is 9.49. The molecule has 2 aromatic carbocycles. The van der Waals surface area contributed by atoms with Gasteiger partial charge in [-0.15, -0.1) is 0 Å². The number of nitrogens with zero attached hydrogens (tertiary/aromatic N) is 3. The number of benzene rings is 2. The molecular formula is C24H30N4O5. The van der Waals surface area contributed by atoms with Gasteiger partial charge in [-0.05, 0) is 49.2 Å². The summed E-state index contributed by atoms with van der Waals surface area (Å²) >= 11 is 0. The van der Waals surface area contributed by atoms with Gasteiger partial charge < -0.3 is 29.9 Å². The molecule has 0 amide bonds. The first-order valence-corrected chi connectivity index (χ1v) is 11.1. The molecular weight excluding hydrogens is 424 g/mol. The molecule has 9 heteroatoms. The lowest BCUT2D eigenvalue weighted by Gasteiger charge is -2.29. The van der Waals surface area contributed by atoms with Gasteiger partial charge in [0.2, 0.25) is 5.82 Å². The van der Waals surface area contributed by atoms with Gasteiger partial charge >= 0.3 is 0 Å². The maximum atomic E-state index is 9.49. The number of rotatable bonds is 10. The molecule has 0 fully saturated rings. The highest BCUT2D eigenvalue weighted by Gasteiger charge is 2.30. The highest BCUT2D eigenvalue weighted by Crippen LogP contribution is 2.34. The minimum Gasteiger partial charge on any atom is -0.490 e. The molecule has 0 atom stereocenters. The van der Waals surface area contributed by atoms with Gasteiger partial charge in [-0.2, -0.15) is 4.98 Å². The zero-order valence-electron chi connectivity index (χ0n) is 19.0. The Morgan fingerprint density at radius 1 is 0.970 bits per heavy atom. The van der Waals surface area contributed by atoms with Crippen LogP contribution in [0.4, 0.5) is 0 Å². The summed E-state index contributed by atoms with van der Waals surface area (Å²) in [5, 5.41) is 23.1. The van der Waals surface area contributed by atoms with E-state index in [9.17, 15) is 10.2 Å². The van der Waals surface area contributed by atoms with Crippen LogP contribution in [0.15, 0.2) is 40.9 Å². The van der Waals surface area contributed by atoms with E-state index in [2.05, 4.69) is 15.0 Å². The fourth-order valence-corrected chi connectivity index (χ4v) is 3.95. The van der Waals surface area contributed by atoms with E-state index in [4.69, 9.17) is 19.7 Å². The van der Waals surface area contributed by atoms with Crippen molar-refractivity contribution in [2.45, 2.75) is 32.5 Å². The van der Waals surface area contributed by atoms with Crippen molar-refractivity contribution >= 4 is 0 Å². The summed E-state index contributed by atoms with van der Waals surface area (Å²) in [7, 11) is 0. The number of aliphatic hydroxyl groups is 2. The Bertz CT molecular complexity index is 1100. The van der Waals surface area contributed by atoms with Crippen LogP contribution < -0.4 is 15.2 Å². The van der Waals surface area contributed by atoms with Crippen molar-refractivity contribution < 1.29 is 24.2 Å². The van der Waals surface area contributed by atoms with Gasteiger partial charge in [0.05, 0.1) is 32.0 Å². The van der Waals surface area contributed by atoms with Crippen LogP contribution in [0.3, 0.4) is 0 Å². The fraction of sp³-hybridized carbons (Fsp3) is 0.417. The van der Waals surface area contributed by atoms with Crippen LogP contribution >= 0.6 is 0 Å². The van der Waals surface area contributed by atoms with Crippen molar-refractivity contribution in [2.24, 2.45) is 5.73 Å². The van der Waals surface area contributed by atoms with E-state index in [0.717, 1.165) is 16.7 Å². The van der Waals surface area contributed by atoms with E-state index in [1.54, 1.807) is 0 Å². The van der Waals surface area contributed by atoms with Gasteiger partial charge in [-0.1, -0.05) is 17.3 Å². The van der Waals surface area contributed by atoms with Gasteiger partial charge in [0.15, 0.2) is 11.5 Å². The molecule has 4 rings (SSSR count). The van der Waals surface area contributed by atoms with E-state index in [-0.39, 0.29) is 13.2 Å². The standard InChI is InChI=1S/C24H30N4O5/c1-3-31-20-8-7-17(10-21(20)32-4-2)23-26-22(27-33-23)16-5-6-18-11-28(12-19(18)9-16)13-24(25,14-29)15-30/h5-10,29-30H,3-4,11-15,25H2,1-2H3. The normalized spacial score (nSPS) is 13.8. The van der Waals surface area contributed by atoms with Crippen LogP contribution in [-0.2, 0) is 13.1 Å². The highest BCUT2D eigenvalue weighted by molar-refractivity contribution is 5.64. The van der Waals surface area contributed by atoms with Crippen molar-refractivity contribution in [3.8, 4) is 34.3 Å². The Balaban J connectivity index is 1.53. The number of ether oxygens (including phenoxy) is 2. The number of hydrogen-bond donors (Lipinski definition) is 3. The summed E-state index contributed by atoms with van der Waals surface area (Å²) in [6.07, 6.45) is 0. The second-order valence-electron chi connectivity index (χ2n) is 8.26. The summed E-state index contributed by atoms with van der Waals surface area (Å²) in [6, 6.07) is 11.6. The molecule has 9 nitrogen and oxygen atoms in total. The van der Waals surface area contributed by atoms with Gasteiger partial charge in [-0.3, -0.25) is 4.90 Å². The lowest BCUT2D eigenvalue weighted by atomic mass is 10.0. The molecule has 2 heterocycles. The third kappa shape index (κ3) is 5.01. The van der Waals surface area contributed by atoms with Crippen molar-refractivity contribution in [1.82, 2.24) is 15.0 Å². The number of hydrogen-bond acceptors (Lipinski definition) is 9. The van der Waals surface area contributed by atoms with E-state index < -0.39 is 5.54 Å². The molecule has 0 bridgehead atoms. The van der Waals surface area contributed by atoms with Crippen LogP contribution in [0.1, 0.15) is 25.0 Å². The Hall–Kier alpha value is -2.98. The third-order valence-corrected chi connectivity index (χ3v) is 5.64. The van der Waals surface area contributed by atoms with Crippen LogP contribution in [0.2, 0.25) is 0 Å². The largest absolute Gasteiger partial charge is 0.490 e. The summed E-state index contributed by atoms with van der Waals surface area (Å²) in [6.45, 7) is 6.14. The summed E-state index contributed by atoms with van der Waals surface area (Å²) in [5.74, 6) is 2.21. The number of fused-ring (bicyclic) bond motifs is 1. The van der Waals surface area contributed by atoms with Crippen LogP contribution in [0.25, 0.3) is 22.8 Å². The van der Waals surface area contributed by atoms with Gasteiger partial charge in [0.1, 0.15) is 0 Å². The first-order valence-electron chi connectivity index (χ1n) is 11.1. The van der Waals surface area contributed by atoms with Crippen molar-refractivity contribution in [2.75, 3.05) is 33.0 Å². The van der Waals surface area contributed by atoms with Gasteiger partial charge in [-0.25, -0.2) is 0 Å².